The lowest BCUT2D eigenvalue weighted by Gasteiger charge is -2.39. The Balaban J connectivity index is 2.82. The molecule has 5 nitrogen and oxygen atoms in total. The van der Waals surface area contributed by atoms with E-state index in [9.17, 15) is 18.0 Å². The molecule has 1 amide bonds. The Hall–Kier alpha value is -2.09. The van der Waals surface area contributed by atoms with Crippen molar-refractivity contribution in [3.8, 4) is 0 Å². The number of ether oxygens (including phenoxy) is 3. The summed E-state index contributed by atoms with van der Waals surface area (Å²) in [6.07, 6.45) is -5.56. The largest absolute Gasteiger partial charge is 0.501 e. The molecule has 1 heterocycles. The predicted molar refractivity (Wildman–Crippen MR) is 71.4 cm³/mol. The first-order chi connectivity index (χ1) is 10.3. The molecule has 0 radical (unpaired) electrons. The summed E-state index contributed by atoms with van der Waals surface area (Å²) in [5.41, 5.74) is -3.64. The van der Waals surface area contributed by atoms with Gasteiger partial charge in [-0.3, -0.25) is 5.32 Å². The number of hydrogen-bond acceptors (Lipinski definition) is 4. The topological polar surface area (TPSA) is 56.8 Å². The average molecular weight is 338 g/mol. The summed E-state index contributed by atoms with van der Waals surface area (Å²) in [4.78, 5) is 11.6. The second kappa shape index (κ2) is 5.60. The quantitative estimate of drug-likeness (QED) is 0.852. The molecule has 22 heavy (non-hydrogen) atoms. The highest BCUT2D eigenvalue weighted by atomic mass is 35.5. The van der Waals surface area contributed by atoms with Crippen LogP contribution < -0.4 is 5.32 Å². The standard InChI is InChI=1S/C13H11ClF3NO4/c1-20-6-10(21-2)12(13(15,16)17)8-5-7(14)3-4-9(8)18-11(19)22-12/h3-6H,1-2H3,(H,18,19)/b10-6-. The van der Waals surface area contributed by atoms with Crippen LogP contribution in [-0.4, -0.2) is 26.5 Å². The summed E-state index contributed by atoms with van der Waals surface area (Å²) in [7, 11) is 2.16. The Morgan fingerprint density at radius 3 is 2.64 bits per heavy atom. The molecule has 0 saturated heterocycles. The second-order valence-electron chi connectivity index (χ2n) is 4.31. The summed E-state index contributed by atoms with van der Waals surface area (Å²) >= 11 is 5.79. The Kier molecular flexibility index (Phi) is 4.15. The fourth-order valence-electron chi connectivity index (χ4n) is 2.16. The van der Waals surface area contributed by atoms with Crippen LogP contribution in [0, 0.1) is 0 Å². The number of cyclic esters (lactones) is 1. The highest BCUT2D eigenvalue weighted by molar-refractivity contribution is 6.30. The molecule has 1 aromatic carbocycles. The van der Waals surface area contributed by atoms with Crippen LogP contribution in [0.15, 0.2) is 30.2 Å². The first-order valence-corrected chi connectivity index (χ1v) is 6.28. The van der Waals surface area contributed by atoms with E-state index >= 15 is 0 Å². The van der Waals surface area contributed by atoms with Gasteiger partial charge in [-0.15, -0.1) is 0 Å². The van der Waals surface area contributed by atoms with Gasteiger partial charge in [0.15, 0.2) is 5.76 Å². The molecule has 1 aromatic rings. The van der Waals surface area contributed by atoms with E-state index < -0.39 is 29.2 Å². The third-order valence-electron chi connectivity index (χ3n) is 3.03. The van der Waals surface area contributed by atoms with Crippen LogP contribution in [0.1, 0.15) is 5.56 Å². The molecular weight excluding hydrogens is 327 g/mol. The van der Waals surface area contributed by atoms with Crippen molar-refractivity contribution in [1.82, 2.24) is 0 Å². The van der Waals surface area contributed by atoms with Gasteiger partial charge in [0.25, 0.3) is 5.60 Å². The van der Waals surface area contributed by atoms with E-state index in [1.54, 1.807) is 0 Å². The van der Waals surface area contributed by atoms with Gasteiger partial charge >= 0.3 is 12.3 Å². The third-order valence-corrected chi connectivity index (χ3v) is 3.27. The monoisotopic (exact) mass is 337 g/mol. The minimum absolute atomic E-state index is 0.0417. The van der Waals surface area contributed by atoms with Crippen LogP contribution in [-0.2, 0) is 19.8 Å². The van der Waals surface area contributed by atoms with E-state index in [0.29, 0.717) is 0 Å². The molecule has 0 saturated carbocycles. The van der Waals surface area contributed by atoms with Crippen LogP contribution in [0.4, 0.5) is 23.7 Å². The number of benzene rings is 1. The average Bonchev–Trinajstić information content (AvgIpc) is 2.43. The van der Waals surface area contributed by atoms with Gasteiger partial charge in [0.05, 0.1) is 19.9 Å². The maximum Gasteiger partial charge on any atom is 0.440 e. The molecule has 0 aromatic heterocycles. The maximum absolute atomic E-state index is 13.8. The van der Waals surface area contributed by atoms with Crippen molar-refractivity contribution in [3.63, 3.8) is 0 Å². The Morgan fingerprint density at radius 1 is 1.41 bits per heavy atom. The number of halogens is 4. The number of methoxy groups -OCH3 is 2. The van der Waals surface area contributed by atoms with Gasteiger partial charge in [-0.25, -0.2) is 4.79 Å². The molecule has 0 fully saturated rings. The van der Waals surface area contributed by atoms with Gasteiger partial charge in [-0.1, -0.05) is 11.6 Å². The molecular formula is C13H11ClF3NO4. The first kappa shape index (κ1) is 16.3. The van der Waals surface area contributed by atoms with Gasteiger partial charge in [-0.05, 0) is 18.2 Å². The fourth-order valence-corrected chi connectivity index (χ4v) is 2.33. The smallest absolute Gasteiger partial charge is 0.440 e. The third kappa shape index (κ3) is 2.43. The van der Waals surface area contributed by atoms with Gasteiger partial charge in [0.1, 0.15) is 6.26 Å². The van der Waals surface area contributed by atoms with Crippen molar-refractivity contribution in [2.24, 2.45) is 0 Å². The number of carbonyl (C=O) groups excluding carboxylic acids is 1. The zero-order chi connectivity index (χ0) is 16.5. The predicted octanol–water partition coefficient (Wildman–Crippen LogP) is 3.79. The normalized spacial score (nSPS) is 21.5. The van der Waals surface area contributed by atoms with Crippen LogP contribution in [0.3, 0.4) is 0 Å². The van der Waals surface area contributed by atoms with Gasteiger partial charge in [-0.2, -0.15) is 13.2 Å². The summed E-state index contributed by atoms with van der Waals surface area (Å²) < 4.78 is 55.5. The molecule has 1 atom stereocenters. The Morgan fingerprint density at radius 2 is 2.09 bits per heavy atom. The maximum atomic E-state index is 13.8. The van der Waals surface area contributed by atoms with E-state index in [0.717, 1.165) is 26.5 Å². The number of carbonyl (C=O) groups is 1. The second-order valence-corrected chi connectivity index (χ2v) is 4.74. The van der Waals surface area contributed by atoms with Crippen LogP contribution in [0.2, 0.25) is 5.02 Å². The molecule has 1 N–H and O–H groups in total. The molecule has 1 unspecified atom stereocenters. The van der Waals surface area contributed by atoms with E-state index in [2.05, 4.69) is 14.8 Å². The molecule has 0 spiro atoms. The first-order valence-electron chi connectivity index (χ1n) is 5.90. The van der Waals surface area contributed by atoms with E-state index in [1.165, 1.54) is 12.1 Å². The summed E-state index contributed by atoms with van der Waals surface area (Å²) in [6.45, 7) is 0. The van der Waals surface area contributed by atoms with Crippen molar-refractivity contribution >= 4 is 23.4 Å². The van der Waals surface area contributed by atoms with E-state index in [-0.39, 0.29) is 10.7 Å². The van der Waals surface area contributed by atoms with E-state index in [1.807, 2.05) is 0 Å². The van der Waals surface area contributed by atoms with Crippen LogP contribution in [0.25, 0.3) is 0 Å². The van der Waals surface area contributed by atoms with Crippen molar-refractivity contribution in [3.05, 3.63) is 40.8 Å². The van der Waals surface area contributed by atoms with Gasteiger partial charge < -0.3 is 14.2 Å². The van der Waals surface area contributed by atoms with Gasteiger partial charge in [0, 0.05) is 10.6 Å². The summed E-state index contributed by atoms with van der Waals surface area (Å²) in [5.74, 6) is -0.735. The Bertz CT molecular complexity index is 632. The number of fused-ring (bicyclic) bond motifs is 1. The van der Waals surface area contributed by atoms with E-state index in [4.69, 9.17) is 16.3 Å². The fraction of sp³-hybridized carbons (Fsp3) is 0.308. The Labute approximate surface area is 128 Å². The van der Waals surface area contributed by atoms with Crippen LogP contribution >= 0.6 is 11.6 Å². The number of anilines is 1. The molecule has 0 bridgehead atoms. The zero-order valence-corrected chi connectivity index (χ0v) is 12.2. The van der Waals surface area contributed by atoms with Crippen molar-refractivity contribution in [2.45, 2.75) is 11.8 Å². The lowest BCUT2D eigenvalue weighted by Crippen LogP contribution is -2.52. The van der Waals surface area contributed by atoms with Gasteiger partial charge in [0.2, 0.25) is 0 Å². The number of nitrogens with one attached hydrogen (secondary N) is 1. The summed E-state index contributed by atoms with van der Waals surface area (Å²) in [6, 6.07) is 3.64. The lowest BCUT2D eigenvalue weighted by atomic mass is 9.88. The molecule has 0 aliphatic carbocycles. The van der Waals surface area contributed by atoms with Crippen molar-refractivity contribution in [1.29, 1.82) is 0 Å². The SMILES string of the molecule is CO/C=C(\OC)C1(C(F)(F)F)OC(=O)Nc2ccc(Cl)cc21. The highest BCUT2D eigenvalue weighted by Gasteiger charge is 2.66. The highest BCUT2D eigenvalue weighted by Crippen LogP contribution is 2.52. The minimum Gasteiger partial charge on any atom is -0.501 e. The molecule has 1 aliphatic heterocycles. The lowest BCUT2D eigenvalue weighted by molar-refractivity contribution is -0.260. The number of hydrogen-bond donors (Lipinski definition) is 1. The van der Waals surface area contributed by atoms with Crippen molar-refractivity contribution < 1.29 is 32.2 Å². The molecule has 120 valence electrons. The summed E-state index contributed by atoms with van der Waals surface area (Å²) in [5, 5.41) is 2.23. The molecule has 9 heteroatoms. The molecule has 1 aliphatic rings. The number of amides is 1. The zero-order valence-electron chi connectivity index (χ0n) is 11.5. The number of alkyl halides is 3. The molecule has 2 rings (SSSR count). The minimum atomic E-state index is -5.01. The van der Waals surface area contributed by atoms with Crippen molar-refractivity contribution in [2.75, 3.05) is 19.5 Å². The van der Waals surface area contributed by atoms with Crippen LogP contribution in [0.5, 0.6) is 0 Å². The number of rotatable bonds is 3.